The molecule has 0 bridgehead atoms. The summed E-state index contributed by atoms with van der Waals surface area (Å²) in [5, 5.41) is 6.00. The van der Waals surface area contributed by atoms with Crippen LogP contribution >= 0.6 is 0 Å². The highest BCUT2D eigenvalue weighted by Crippen LogP contribution is 2.13. The molecule has 1 saturated heterocycles. The molecule has 0 aromatic carbocycles. The van der Waals surface area contributed by atoms with E-state index in [0.717, 1.165) is 25.9 Å². The fraction of sp³-hybridized carbons (Fsp3) is 0.857. The van der Waals surface area contributed by atoms with E-state index >= 15 is 0 Å². The van der Waals surface area contributed by atoms with Crippen LogP contribution in [0.15, 0.2) is 0 Å². The maximum Gasteiger partial charge on any atom is 0.222 e. The number of nitrogens with zero attached hydrogens (tertiary/aromatic N) is 1. The van der Waals surface area contributed by atoms with E-state index in [1.165, 1.54) is 0 Å². The Bertz CT molecular complexity index is 297. The maximum atomic E-state index is 11.9. The van der Waals surface area contributed by atoms with Gasteiger partial charge in [-0.05, 0) is 25.8 Å². The van der Waals surface area contributed by atoms with E-state index in [2.05, 4.69) is 24.5 Å². The third-order valence-corrected chi connectivity index (χ3v) is 3.40. The number of carbonyl (C=O) groups is 2. The fourth-order valence-corrected chi connectivity index (χ4v) is 2.29. The summed E-state index contributed by atoms with van der Waals surface area (Å²) in [5.74, 6) is 0.753. The van der Waals surface area contributed by atoms with Crippen LogP contribution in [0.4, 0.5) is 0 Å². The molecule has 2 N–H and O–H groups in total. The highest BCUT2D eigenvalue weighted by Gasteiger charge is 2.23. The molecule has 1 fully saturated rings. The SMILES string of the molecule is CNCCC(=O)NC1CCN(C(=O)CC(C)C)CC1. The normalized spacial score (nSPS) is 16.7. The summed E-state index contributed by atoms with van der Waals surface area (Å²) < 4.78 is 0. The standard InChI is InChI=1S/C14H27N3O2/c1-11(2)10-14(19)17-8-5-12(6-9-17)16-13(18)4-7-15-3/h11-12,15H,4-10H2,1-3H3,(H,16,18). The van der Waals surface area contributed by atoms with Gasteiger partial charge in [0.05, 0.1) is 0 Å². The van der Waals surface area contributed by atoms with Gasteiger partial charge >= 0.3 is 0 Å². The molecule has 0 unspecified atom stereocenters. The van der Waals surface area contributed by atoms with Crippen LogP contribution in [-0.4, -0.2) is 49.4 Å². The van der Waals surface area contributed by atoms with Crippen molar-refractivity contribution in [3.05, 3.63) is 0 Å². The van der Waals surface area contributed by atoms with Crippen LogP contribution in [0, 0.1) is 5.92 Å². The second-order valence-electron chi connectivity index (χ2n) is 5.67. The third-order valence-electron chi connectivity index (χ3n) is 3.40. The number of piperidine rings is 1. The molecule has 0 spiro atoms. The Kier molecular flexibility index (Phi) is 6.84. The van der Waals surface area contributed by atoms with Gasteiger partial charge in [-0.25, -0.2) is 0 Å². The molecule has 0 aromatic rings. The molecule has 2 amide bonds. The highest BCUT2D eigenvalue weighted by molar-refractivity contribution is 5.77. The zero-order valence-corrected chi connectivity index (χ0v) is 12.4. The van der Waals surface area contributed by atoms with E-state index in [-0.39, 0.29) is 17.9 Å². The third kappa shape index (κ3) is 6.05. The number of hydrogen-bond acceptors (Lipinski definition) is 3. The lowest BCUT2D eigenvalue weighted by atomic mass is 10.0. The molecule has 19 heavy (non-hydrogen) atoms. The van der Waals surface area contributed by atoms with E-state index in [1.807, 2.05) is 11.9 Å². The van der Waals surface area contributed by atoms with Crippen molar-refractivity contribution < 1.29 is 9.59 Å². The Balaban J connectivity index is 2.25. The van der Waals surface area contributed by atoms with Crippen molar-refractivity contribution >= 4 is 11.8 Å². The van der Waals surface area contributed by atoms with Gasteiger partial charge < -0.3 is 15.5 Å². The Morgan fingerprint density at radius 1 is 1.26 bits per heavy atom. The number of carbonyl (C=O) groups excluding carboxylic acids is 2. The minimum atomic E-state index is 0.0984. The van der Waals surface area contributed by atoms with Gasteiger partial charge in [0, 0.05) is 38.5 Å². The van der Waals surface area contributed by atoms with Crippen LogP contribution in [0.25, 0.3) is 0 Å². The minimum Gasteiger partial charge on any atom is -0.353 e. The topological polar surface area (TPSA) is 61.4 Å². The number of amides is 2. The van der Waals surface area contributed by atoms with Crippen LogP contribution in [0.5, 0.6) is 0 Å². The van der Waals surface area contributed by atoms with E-state index < -0.39 is 0 Å². The number of nitrogens with one attached hydrogen (secondary N) is 2. The van der Waals surface area contributed by atoms with Crippen LogP contribution in [0.2, 0.25) is 0 Å². The molecule has 5 heteroatoms. The first kappa shape index (κ1) is 16.0. The number of rotatable bonds is 6. The van der Waals surface area contributed by atoms with Crippen molar-refractivity contribution in [2.45, 2.75) is 45.6 Å². The lowest BCUT2D eigenvalue weighted by molar-refractivity contribution is -0.133. The molecule has 1 heterocycles. The Labute approximate surface area is 116 Å². The zero-order valence-electron chi connectivity index (χ0n) is 12.4. The highest BCUT2D eigenvalue weighted by atomic mass is 16.2. The van der Waals surface area contributed by atoms with Crippen molar-refractivity contribution in [1.29, 1.82) is 0 Å². The van der Waals surface area contributed by atoms with Crippen LogP contribution in [0.1, 0.15) is 39.5 Å². The molecule has 0 radical (unpaired) electrons. The molecule has 1 aliphatic heterocycles. The average molecular weight is 269 g/mol. The summed E-state index contributed by atoms with van der Waals surface area (Å²) in [4.78, 5) is 25.4. The number of hydrogen-bond donors (Lipinski definition) is 2. The van der Waals surface area contributed by atoms with Gasteiger partial charge in [0.15, 0.2) is 0 Å². The van der Waals surface area contributed by atoms with Crippen molar-refractivity contribution in [3.8, 4) is 0 Å². The molecule has 5 nitrogen and oxygen atoms in total. The first-order valence-corrected chi connectivity index (χ1v) is 7.24. The quantitative estimate of drug-likeness (QED) is 0.748. The van der Waals surface area contributed by atoms with E-state index in [0.29, 0.717) is 25.3 Å². The lowest BCUT2D eigenvalue weighted by Crippen LogP contribution is -2.47. The monoisotopic (exact) mass is 269 g/mol. The summed E-state index contributed by atoms with van der Waals surface area (Å²) in [6, 6.07) is 0.229. The van der Waals surface area contributed by atoms with Gasteiger partial charge in [0.1, 0.15) is 0 Å². The summed E-state index contributed by atoms with van der Waals surface area (Å²) in [6.07, 6.45) is 2.88. The van der Waals surface area contributed by atoms with E-state index in [9.17, 15) is 9.59 Å². The second kappa shape index (κ2) is 8.15. The van der Waals surface area contributed by atoms with Gasteiger partial charge in [-0.2, -0.15) is 0 Å². The molecule has 1 rings (SSSR count). The Hall–Kier alpha value is -1.10. The van der Waals surface area contributed by atoms with E-state index in [4.69, 9.17) is 0 Å². The zero-order chi connectivity index (χ0) is 14.3. The van der Waals surface area contributed by atoms with Crippen molar-refractivity contribution in [2.24, 2.45) is 5.92 Å². The number of likely N-dealkylation sites (tertiary alicyclic amines) is 1. The van der Waals surface area contributed by atoms with Gasteiger partial charge in [-0.1, -0.05) is 13.8 Å². The smallest absolute Gasteiger partial charge is 0.222 e. The molecule has 0 aromatic heterocycles. The Morgan fingerprint density at radius 2 is 1.89 bits per heavy atom. The molecule has 1 aliphatic rings. The fourth-order valence-electron chi connectivity index (χ4n) is 2.29. The summed E-state index contributed by atoms with van der Waals surface area (Å²) in [7, 11) is 1.84. The summed E-state index contributed by atoms with van der Waals surface area (Å²) in [6.45, 7) is 6.36. The van der Waals surface area contributed by atoms with Crippen LogP contribution in [-0.2, 0) is 9.59 Å². The molecule has 0 aliphatic carbocycles. The first-order valence-electron chi connectivity index (χ1n) is 7.24. The van der Waals surface area contributed by atoms with Crippen LogP contribution < -0.4 is 10.6 Å². The first-order chi connectivity index (χ1) is 9.02. The largest absolute Gasteiger partial charge is 0.353 e. The molecular weight excluding hydrogens is 242 g/mol. The second-order valence-corrected chi connectivity index (χ2v) is 5.67. The molecule has 110 valence electrons. The van der Waals surface area contributed by atoms with Crippen molar-refractivity contribution in [1.82, 2.24) is 15.5 Å². The Morgan fingerprint density at radius 3 is 2.42 bits per heavy atom. The summed E-state index contributed by atoms with van der Waals surface area (Å²) in [5.41, 5.74) is 0. The van der Waals surface area contributed by atoms with Crippen LogP contribution in [0.3, 0.4) is 0 Å². The summed E-state index contributed by atoms with van der Waals surface area (Å²) >= 11 is 0. The van der Waals surface area contributed by atoms with Gasteiger partial charge in [-0.15, -0.1) is 0 Å². The molecule has 0 atom stereocenters. The van der Waals surface area contributed by atoms with Gasteiger partial charge in [0.25, 0.3) is 0 Å². The van der Waals surface area contributed by atoms with E-state index in [1.54, 1.807) is 0 Å². The van der Waals surface area contributed by atoms with Gasteiger partial charge in [0.2, 0.25) is 11.8 Å². The van der Waals surface area contributed by atoms with Crippen molar-refractivity contribution in [3.63, 3.8) is 0 Å². The average Bonchev–Trinajstić information content (AvgIpc) is 2.36. The minimum absolute atomic E-state index is 0.0984. The molecule has 0 saturated carbocycles. The lowest BCUT2D eigenvalue weighted by Gasteiger charge is -2.32. The van der Waals surface area contributed by atoms with Crippen molar-refractivity contribution in [2.75, 3.05) is 26.7 Å². The van der Waals surface area contributed by atoms with Gasteiger partial charge in [-0.3, -0.25) is 9.59 Å². The molecular formula is C14H27N3O2. The predicted molar refractivity (Wildman–Crippen MR) is 75.7 cm³/mol. The predicted octanol–water partition coefficient (Wildman–Crippen LogP) is 0.749. The maximum absolute atomic E-state index is 11.9.